The molecule has 0 bridgehead atoms. The number of esters is 1. The quantitative estimate of drug-likeness (QED) is 0.381. The Labute approximate surface area is 146 Å². The molecule has 0 aliphatic carbocycles. The summed E-state index contributed by atoms with van der Waals surface area (Å²) in [5, 5.41) is 0.0719. The van der Waals surface area contributed by atoms with Crippen molar-refractivity contribution in [3.05, 3.63) is 41.7 Å². The first kappa shape index (κ1) is 20.4. The first-order valence-corrected chi connectivity index (χ1v) is 11.3. The highest BCUT2D eigenvalue weighted by atomic mass is 28.4. The Morgan fingerprint density at radius 3 is 2.54 bits per heavy atom. The Kier molecular flexibility index (Phi) is 7.20. The molecule has 0 saturated heterocycles. The Balaban J connectivity index is 2.84. The Morgan fingerprint density at radius 2 is 1.96 bits per heavy atom. The van der Waals surface area contributed by atoms with Crippen molar-refractivity contribution in [2.75, 3.05) is 6.61 Å². The lowest BCUT2D eigenvalue weighted by Gasteiger charge is -2.37. The Hall–Kier alpha value is -1.62. The maximum Gasteiger partial charge on any atom is 0.330 e. The normalized spacial score (nSPS) is 12.5. The van der Waals surface area contributed by atoms with E-state index >= 15 is 0 Å². The molecule has 0 aliphatic heterocycles. The van der Waals surface area contributed by atoms with E-state index < -0.39 is 8.32 Å². The van der Waals surface area contributed by atoms with E-state index in [4.69, 9.17) is 9.16 Å². The van der Waals surface area contributed by atoms with Crippen molar-refractivity contribution in [1.82, 2.24) is 0 Å². The number of hydrogen-bond donors (Lipinski definition) is 0. The molecule has 1 rings (SSSR count). The lowest BCUT2D eigenvalue weighted by atomic mass is 10.1. The van der Waals surface area contributed by atoms with Gasteiger partial charge in [-0.05, 0) is 61.7 Å². The zero-order chi connectivity index (χ0) is 18.4. The number of halogens is 1. The number of rotatable bonds is 7. The van der Waals surface area contributed by atoms with Crippen molar-refractivity contribution in [3.8, 4) is 5.75 Å². The number of ether oxygens (including phenoxy) is 1. The third-order valence-electron chi connectivity index (χ3n) is 4.31. The van der Waals surface area contributed by atoms with Crippen LogP contribution in [0.3, 0.4) is 0 Å². The maximum atomic E-state index is 13.6. The number of hydrogen-bond acceptors (Lipinski definition) is 3. The van der Waals surface area contributed by atoms with Gasteiger partial charge in [0.15, 0.2) is 0 Å². The molecule has 0 spiro atoms. The zero-order valence-electron chi connectivity index (χ0n) is 15.6. The second-order valence-corrected chi connectivity index (χ2v) is 12.0. The average molecular weight is 353 g/mol. The fourth-order valence-electron chi connectivity index (χ4n) is 1.88. The minimum absolute atomic E-state index is 0.0719. The summed E-state index contributed by atoms with van der Waals surface area (Å²) >= 11 is 0. The van der Waals surface area contributed by atoms with Crippen LogP contribution in [-0.4, -0.2) is 20.9 Å². The number of carbonyl (C=O) groups excluding carboxylic acids is 1. The molecule has 0 aromatic heterocycles. The number of benzene rings is 1. The van der Waals surface area contributed by atoms with E-state index in [0.717, 1.165) is 11.3 Å². The van der Waals surface area contributed by atoms with E-state index in [1.54, 1.807) is 19.1 Å². The second-order valence-electron chi connectivity index (χ2n) is 7.31. The van der Waals surface area contributed by atoms with Crippen LogP contribution in [0.4, 0.5) is 4.39 Å². The fourth-order valence-corrected chi connectivity index (χ4v) is 2.93. The van der Waals surface area contributed by atoms with Gasteiger partial charge < -0.3 is 9.16 Å². The van der Waals surface area contributed by atoms with Crippen molar-refractivity contribution in [1.29, 1.82) is 0 Å². The molecule has 5 heteroatoms. The van der Waals surface area contributed by atoms with Gasteiger partial charge in [0, 0.05) is 6.08 Å². The predicted octanol–water partition coefficient (Wildman–Crippen LogP) is 5.26. The zero-order valence-corrected chi connectivity index (χ0v) is 16.6. The van der Waals surface area contributed by atoms with Crippen LogP contribution in [0.25, 0.3) is 0 Å². The highest BCUT2D eigenvalue weighted by Gasteiger charge is 2.39. The second kappa shape index (κ2) is 8.47. The van der Waals surface area contributed by atoms with Gasteiger partial charge in [0.05, 0.1) is 6.61 Å². The third-order valence-corrected chi connectivity index (χ3v) is 8.66. The minimum Gasteiger partial charge on any atom is -0.543 e. The van der Waals surface area contributed by atoms with Crippen molar-refractivity contribution in [2.45, 2.75) is 58.7 Å². The SMILES string of the molecule is CCOC(=O)/C=C/CCc1cc(F)ccc1O[Si](C)(C)C(C)(C)C. The summed E-state index contributed by atoms with van der Waals surface area (Å²) in [6.45, 7) is 13.0. The summed E-state index contributed by atoms with van der Waals surface area (Å²) < 4.78 is 24.8. The molecule has 1 aromatic rings. The molecule has 0 fully saturated rings. The molecule has 0 unspecified atom stereocenters. The summed E-state index contributed by atoms with van der Waals surface area (Å²) in [4.78, 5) is 11.3. The van der Waals surface area contributed by atoms with Gasteiger partial charge >= 0.3 is 5.97 Å². The van der Waals surface area contributed by atoms with Crippen LogP contribution in [0.5, 0.6) is 5.75 Å². The molecular weight excluding hydrogens is 323 g/mol. The Bertz CT molecular complexity index is 589. The maximum absolute atomic E-state index is 13.6. The van der Waals surface area contributed by atoms with Gasteiger partial charge in [0.1, 0.15) is 11.6 Å². The predicted molar refractivity (Wildman–Crippen MR) is 98.3 cm³/mol. The first-order valence-electron chi connectivity index (χ1n) is 8.37. The van der Waals surface area contributed by atoms with Gasteiger partial charge in [0.25, 0.3) is 0 Å². The molecule has 134 valence electrons. The Morgan fingerprint density at radius 1 is 1.29 bits per heavy atom. The highest BCUT2D eigenvalue weighted by molar-refractivity contribution is 6.74. The summed E-state index contributed by atoms with van der Waals surface area (Å²) in [5.74, 6) is 0.115. The first-order chi connectivity index (χ1) is 11.1. The van der Waals surface area contributed by atoms with Crippen LogP contribution in [0.1, 0.15) is 39.7 Å². The molecule has 0 saturated carbocycles. The van der Waals surface area contributed by atoms with Crippen LogP contribution in [0.15, 0.2) is 30.4 Å². The molecular formula is C19H29FO3Si. The molecule has 0 radical (unpaired) electrons. The van der Waals surface area contributed by atoms with E-state index in [2.05, 4.69) is 33.9 Å². The van der Waals surface area contributed by atoms with Crippen LogP contribution in [-0.2, 0) is 16.0 Å². The van der Waals surface area contributed by atoms with E-state index in [1.807, 2.05) is 0 Å². The molecule has 0 N–H and O–H groups in total. The van der Waals surface area contributed by atoms with Gasteiger partial charge in [-0.2, -0.15) is 0 Å². The van der Waals surface area contributed by atoms with Gasteiger partial charge in [0.2, 0.25) is 8.32 Å². The molecule has 0 atom stereocenters. The standard InChI is InChI=1S/C19H29FO3Si/c1-7-22-18(21)11-9-8-10-15-14-16(20)12-13-17(15)23-24(5,6)19(2,3)4/h9,11-14H,7-8,10H2,1-6H3/b11-9+. The number of carbonyl (C=O) groups is 1. The summed E-state index contributed by atoms with van der Waals surface area (Å²) in [5.41, 5.74) is 0.827. The van der Waals surface area contributed by atoms with Crippen molar-refractivity contribution < 1.29 is 18.3 Å². The minimum atomic E-state index is -1.99. The molecule has 3 nitrogen and oxygen atoms in total. The smallest absolute Gasteiger partial charge is 0.330 e. The molecule has 1 aromatic carbocycles. The highest BCUT2D eigenvalue weighted by Crippen LogP contribution is 2.38. The average Bonchev–Trinajstić information content (AvgIpc) is 2.45. The van der Waals surface area contributed by atoms with E-state index in [0.29, 0.717) is 19.4 Å². The lowest BCUT2D eigenvalue weighted by molar-refractivity contribution is -0.137. The molecule has 24 heavy (non-hydrogen) atoms. The van der Waals surface area contributed by atoms with Crippen LogP contribution in [0.2, 0.25) is 18.1 Å². The summed E-state index contributed by atoms with van der Waals surface area (Å²) in [7, 11) is -1.99. The van der Waals surface area contributed by atoms with Crippen molar-refractivity contribution in [2.24, 2.45) is 0 Å². The largest absolute Gasteiger partial charge is 0.543 e. The lowest BCUT2D eigenvalue weighted by Crippen LogP contribution is -2.44. The van der Waals surface area contributed by atoms with Gasteiger partial charge in [-0.15, -0.1) is 0 Å². The van der Waals surface area contributed by atoms with Gasteiger partial charge in [-0.3, -0.25) is 0 Å². The van der Waals surface area contributed by atoms with Crippen LogP contribution >= 0.6 is 0 Å². The molecule has 0 heterocycles. The topological polar surface area (TPSA) is 35.5 Å². The van der Waals surface area contributed by atoms with Crippen LogP contribution in [0, 0.1) is 5.82 Å². The number of allylic oxidation sites excluding steroid dienone is 1. The van der Waals surface area contributed by atoms with E-state index in [1.165, 1.54) is 18.2 Å². The molecule has 0 aliphatic rings. The van der Waals surface area contributed by atoms with E-state index in [9.17, 15) is 9.18 Å². The third kappa shape index (κ3) is 6.11. The van der Waals surface area contributed by atoms with Gasteiger partial charge in [-0.25, -0.2) is 9.18 Å². The summed E-state index contributed by atoms with van der Waals surface area (Å²) in [6, 6.07) is 4.65. The van der Waals surface area contributed by atoms with Gasteiger partial charge in [-0.1, -0.05) is 26.8 Å². The summed E-state index contributed by atoms with van der Waals surface area (Å²) in [6.07, 6.45) is 4.39. The fraction of sp³-hybridized carbons (Fsp3) is 0.526. The van der Waals surface area contributed by atoms with Crippen LogP contribution < -0.4 is 4.43 Å². The van der Waals surface area contributed by atoms with Crippen molar-refractivity contribution in [3.63, 3.8) is 0 Å². The van der Waals surface area contributed by atoms with E-state index in [-0.39, 0.29) is 16.8 Å². The monoisotopic (exact) mass is 352 g/mol. The van der Waals surface area contributed by atoms with Crippen molar-refractivity contribution >= 4 is 14.3 Å². The molecule has 0 amide bonds. The number of aryl methyl sites for hydroxylation is 1.